The van der Waals surface area contributed by atoms with Crippen LogP contribution in [0, 0.1) is 17.8 Å². The summed E-state index contributed by atoms with van der Waals surface area (Å²) in [6.45, 7) is 2.23. The minimum atomic E-state index is -0.733. The van der Waals surface area contributed by atoms with Gasteiger partial charge in [-0.2, -0.15) is 0 Å². The Morgan fingerprint density at radius 1 is 1.17 bits per heavy atom. The molecule has 2 atom stereocenters. The van der Waals surface area contributed by atoms with E-state index in [0.717, 1.165) is 38.5 Å². The molecule has 2 unspecified atom stereocenters. The molecule has 1 heteroatoms. The molecule has 2 rings (SSSR count). The van der Waals surface area contributed by atoms with Crippen LogP contribution in [0.4, 0.5) is 0 Å². The highest BCUT2D eigenvalue weighted by molar-refractivity contribution is 5.20. The second-order valence-electron chi connectivity index (χ2n) is 6.99. The third-order valence-corrected chi connectivity index (χ3v) is 4.95. The monoisotopic (exact) mass is 324 g/mol. The van der Waals surface area contributed by atoms with Crippen molar-refractivity contribution in [1.82, 2.24) is 0 Å². The molecule has 0 aromatic heterocycles. The molecule has 130 valence electrons. The lowest BCUT2D eigenvalue weighted by Gasteiger charge is -2.33. The summed E-state index contributed by atoms with van der Waals surface area (Å²) in [6, 6.07) is 10.5. The van der Waals surface area contributed by atoms with Gasteiger partial charge in [0.1, 0.15) is 0 Å². The van der Waals surface area contributed by atoms with Crippen LogP contribution in [-0.2, 0) is 6.42 Å². The second-order valence-corrected chi connectivity index (χ2v) is 6.99. The van der Waals surface area contributed by atoms with Crippen LogP contribution >= 0.6 is 0 Å². The highest BCUT2D eigenvalue weighted by atomic mass is 16.3. The molecule has 1 aliphatic carbocycles. The lowest BCUT2D eigenvalue weighted by Crippen LogP contribution is -2.36. The Morgan fingerprint density at radius 2 is 2.00 bits per heavy atom. The maximum Gasteiger partial charge on any atom is 0.0964 e. The van der Waals surface area contributed by atoms with Crippen molar-refractivity contribution in [1.29, 1.82) is 0 Å². The topological polar surface area (TPSA) is 20.2 Å². The van der Waals surface area contributed by atoms with Crippen molar-refractivity contribution in [3.05, 3.63) is 48.0 Å². The minimum absolute atomic E-state index is 0.0421. The molecule has 1 aromatic rings. The number of aryl methyl sites for hydroxylation is 1. The van der Waals surface area contributed by atoms with Gasteiger partial charge < -0.3 is 5.11 Å². The molecule has 0 heterocycles. The Hall–Kier alpha value is -1.52. The van der Waals surface area contributed by atoms with Gasteiger partial charge in [0.25, 0.3) is 0 Å². The van der Waals surface area contributed by atoms with Crippen molar-refractivity contribution < 1.29 is 5.11 Å². The van der Waals surface area contributed by atoms with E-state index in [9.17, 15) is 5.11 Å². The Bertz CT molecular complexity index is 548. The molecule has 0 fully saturated rings. The fourth-order valence-electron chi connectivity index (χ4n) is 3.40. The maximum atomic E-state index is 11.1. The highest BCUT2D eigenvalue weighted by Crippen LogP contribution is 2.32. The van der Waals surface area contributed by atoms with E-state index in [4.69, 9.17) is 0 Å². The fraction of sp³-hybridized carbons (Fsp3) is 0.565. The zero-order chi connectivity index (χ0) is 17.1. The van der Waals surface area contributed by atoms with Gasteiger partial charge in [-0.3, -0.25) is 0 Å². The van der Waals surface area contributed by atoms with Crippen LogP contribution in [0.5, 0.6) is 0 Å². The van der Waals surface area contributed by atoms with Crippen LogP contribution in [0.15, 0.2) is 42.5 Å². The summed E-state index contributed by atoms with van der Waals surface area (Å²) in [5.41, 5.74) is 0.597. The number of allylic oxidation sites excluding steroid dienone is 1. The molecule has 0 aliphatic heterocycles. The van der Waals surface area contributed by atoms with Crippen LogP contribution in [-0.4, -0.2) is 10.7 Å². The zero-order valence-corrected chi connectivity index (χ0v) is 15.1. The van der Waals surface area contributed by atoms with Gasteiger partial charge in [-0.05, 0) is 44.1 Å². The van der Waals surface area contributed by atoms with Crippen LogP contribution in [0.1, 0.15) is 70.3 Å². The van der Waals surface area contributed by atoms with E-state index in [1.165, 1.54) is 31.2 Å². The minimum Gasteiger partial charge on any atom is -0.385 e. The number of hydrogen-bond acceptors (Lipinski definition) is 1. The summed E-state index contributed by atoms with van der Waals surface area (Å²) in [5.74, 6) is 6.83. The summed E-state index contributed by atoms with van der Waals surface area (Å²) in [6.07, 6.45) is 15.0. The van der Waals surface area contributed by atoms with E-state index in [-0.39, 0.29) is 5.92 Å². The van der Waals surface area contributed by atoms with Gasteiger partial charge in [-0.25, -0.2) is 0 Å². The van der Waals surface area contributed by atoms with E-state index < -0.39 is 5.60 Å². The number of rotatable bonds is 8. The van der Waals surface area contributed by atoms with E-state index >= 15 is 0 Å². The molecule has 0 bridgehead atoms. The van der Waals surface area contributed by atoms with Gasteiger partial charge in [0.05, 0.1) is 11.5 Å². The van der Waals surface area contributed by atoms with E-state index in [2.05, 4.69) is 55.2 Å². The molecule has 1 nitrogen and oxygen atoms in total. The number of benzene rings is 1. The van der Waals surface area contributed by atoms with Gasteiger partial charge in [-0.1, -0.05) is 74.6 Å². The molecule has 0 saturated carbocycles. The Morgan fingerprint density at radius 3 is 2.71 bits per heavy atom. The first-order valence-electron chi connectivity index (χ1n) is 9.67. The van der Waals surface area contributed by atoms with E-state index in [1.54, 1.807) is 0 Å². The van der Waals surface area contributed by atoms with Gasteiger partial charge in [0.15, 0.2) is 0 Å². The van der Waals surface area contributed by atoms with Crippen molar-refractivity contribution in [2.75, 3.05) is 0 Å². The molecule has 0 radical (unpaired) electrons. The van der Waals surface area contributed by atoms with Gasteiger partial charge in [-0.15, -0.1) is 5.92 Å². The SMILES string of the molecule is CCCCCCC#CC(CCc1ccccc1)C1(O)C=CCCC1. The third-order valence-electron chi connectivity index (χ3n) is 4.95. The van der Waals surface area contributed by atoms with Crippen LogP contribution in [0.25, 0.3) is 0 Å². The smallest absolute Gasteiger partial charge is 0.0964 e. The first-order valence-corrected chi connectivity index (χ1v) is 9.67. The molecular formula is C23H32O. The Labute approximate surface area is 148 Å². The molecule has 0 saturated heterocycles. The summed E-state index contributed by atoms with van der Waals surface area (Å²) in [4.78, 5) is 0. The van der Waals surface area contributed by atoms with Crippen molar-refractivity contribution in [2.24, 2.45) is 5.92 Å². The Kier molecular flexibility index (Phi) is 8.13. The van der Waals surface area contributed by atoms with Crippen LogP contribution < -0.4 is 0 Å². The lowest BCUT2D eigenvalue weighted by molar-refractivity contribution is 0.0337. The molecule has 24 heavy (non-hydrogen) atoms. The number of hydrogen-bond donors (Lipinski definition) is 1. The molecule has 1 aliphatic rings. The van der Waals surface area contributed by atoms with E-state index in [1.807, 2.05) is 6.08 Å². The average molecular weight is 325 g/mol. The van der Waals surface area contributed by atoms with Crippen LogP contribution in [0.3, 0.4) is 0 Å². The number of unbranched alkanes of at least 4 members (excludes halogenated alkanes) is 4. The highest BCUT2D eigenvalue weighted by Gasteiger charge is 2.33. The predicted molar refractivity (Wildman–Crippen MR) is 103 cm³/mol. The molecular weight excluding hydrogens is 292 g/mol. The van der Waals surface area contributed by atoms with E-state index in [0.29, 0.717) is 0 Å². The normalized spacial score (nSPS) is 21.1. The molecule has 1 N–H and O–H groups in total. The fourth-order valence-corrected chi connectivity index (χ4v) is 3.40. The van der Waals surface area contributed by atoms with Crippen molar-refractivity contribution in [3.8, 4) is 11.8 Å². The maximum absolute atomic E-state index is 11.1. The van der Waals surface area contributed by atoms with Gasteiger partial charge in [0, 0.05) is 6.42 Å². The average Bonchev–Trinajstić information content (AvgIpc) is 2.62. The second kappa shape index (κ2) is 10.4. The van der Waals surface area contributed by atoms with Crippen molar-refractivity contribution >= 4 is 0 Å². The van der Waals surface area contributed by atoms with Gasteiger partial charge >= 0.3 is 0 Å². The molecule has 0 amide bonds. The predicted octanol–water partition coefficient (Wildman–Crippen LogP) is 5.68. The summed E-state index contributed by atoms with van der Waals surface area (Å²) >= 11 is 0. The largest absolute Gasteiger partial charge is 0.385 e. The first kappa shape index (κ1) is 18.8. The number of aliphatic hydroxyl groups is 1. The quantitative estimate of drug-likeness (QED) is 0.370. The Balaban J connectivity index is 1.97. The van der Waals surface area contributed by atoms with Crippen molar-refractivity contribution in [3.63, 3.8) is 0 Å². The third kappa shape index (κ3) is 6.17. The molecule has 0 spiro atoms. The summed E-state index contributed by atoms with van der Waals surface area (Å²) in [7, 11) is 0. The standard InChI is InChI=1S/C23H32O/c1-2-3-4-5-6-11-16-22(23(24)19-12-8-13-20-23)18-17-21-14-9-7-10-15-21/h7,9-10,12,14-15,19,22,24H,2-6,8,13,17-18,20H2,1H3. The lowest BCUT2D eigenvalue weighted by atomic mass is 9.77. The summed E-state index contributed by atoms with van der Waals surface area (Å²) < 4.78 is 0. The first-order chi connectivity index (χ1) is 11.7. The summed E-state index contributed by atoms with van der Waals surface area (Å²) in [5, 5.41) is 11.1. The zero-order valence-electron chi connectivity index (χ0n) is 15.1. The van der Waals surface area contributed by atoms with Crippen LogP contribution in [0.2, 0.25) is 0 Å². The van der Waals surface area contributed by atoms with Gasteiger partial charge in [0.2, 0.25) is 0 Å². The van der Waals surface area contributed by atoms with Crippen molar-refractivity contribution in [2.45, 2.75) is 76.7 Å². The molecule has 1 aromatic carbocycles.